The lowest BCUT2D eigenvalue weighted by Crippen LogP contribution is -2.26. The van der Waals surface area contributed by atoms with E-state index in [2.05, 4.69) is 257 Å². The van der Waals surface area contributed by atoms with Crippen molar-refractivity contribution in [2.75, 3.05) is 4.90 Å². The van der Waals surface area contributed by atoms with Gasteiger partial charge in [-0.15, -0.1) is 0 Å². The molecular formula is C67H49N. The van der Waals surface area contributed by atoms with Crippen LogP contribution in [0.4, 0.5) is 17.1 Å². The molecule has 0 atom stereocenters. The molecule has 1 heteroatoms. The standard InChI is InChI=1S/C67H49N/c1-65(2)54-30-12-8-26-51(54)63-50(28-18-34-58(63)65)49-25-10-16-36-61(49)68(44-21-17-20-42(40-44)43-38-39-48-45-22-5-11-29-53(45)66(3,4)60(48)41-43)62-37-19-35-59-64(62)52-27-9-15-33-57(52)67(59)55-31-13-6-23-46(55)47-24-7-14-32-56(47)67/h5-41H,1-4H3. The molecule has 10 aromatic carbocycles. The molecule has 0 amide bonds. The molecule has 0 radical (unpaired) electrons. The smallest absolute Gasteiger partial charge is 0.0726 e. The summed E-state index contributed by atoms with van der Waals surface area (Å²) in [7, 11) is 0. The maximum atomic E-state index is 2.58. The molecule has 1 spiro atoms. The van der Waals surface area contributed by atoms with Gasteiger partial charge in [-0.2, -0.15) is 0 Å². The van der Waals surface area contributed by atoms with Crippen LogP contribution in [-0.4, -0.2) is 0 Å². The van der Waals surface area contributed by atoms with Crippen LogP contribution < -0.4 is 4.90 Å². The Kier molecular flexibility index (Phi) is 8.08. The van der Waals surface area contributed by atoms with Crippen molar-refractivity contribution in [1.29, 1.82) is 0 Å². The first-order valence-electron chi connectivity index (χ1n) is 24.2. The Morgan fingerprint density at radius 2 is 0.691 bits per heavy atom. The molecule has 0 unspecified atom stereocenters. The van der Waals surface area contributed by atoms with Crippen molar-refractivity contribution in [1.82, 2.24) is 0 Å². The fourth-order valence-electron chi connectivity index (χ4n) is 13.3. The van der Waals surface area contributed by atoms with Crippen LogP contribution in [-0.2, 0) is 16.2 Å². The van der Waals surface area contributed by atoms with Crippen molar-refractivity contribution < 1.29 is 0 Å². The zero-order chi connectivity index (χ0) is 45.5. The molecule has 0 saturated carbocycles. The summed E-state index contributed by atoms with van der Waals surface area (Å²) < 4.78 is 0. The molecule has 0 saturated heterocycles. The van der Waals surface area contributed by atoms with Gasteiger partial charge in [-0.25, -0.2) is 0 Å². The van der Waals surface area contributed by atoms with E-state index in [1.165, 1.54) is 111 Å². The van der Waals surface area contributed by atoms with Crippen molar-refractivity contribution in [2.24, 2.45) is 0 Å². The van der Waals surface area contributed by atoms with E-state index in [9.17, 15) is 0 Å². The molecule has 0 aromatic heterocycles. The van der Waals surface area contributed by atoms with Gasteiger partial charge in [-0.1, -0.05) is 222 Å². The maximum Gasteiger partial charge on any atom is 0.0726 e. The summed E-state index contributed by atoms with van der Waals surface area (Å²) in [4.78, 5) is 2.58. The highest BCUT2D eigenvalue weighted by Crippen LogP contribution is 2.65. The highest BCUT2D eigenvalue weighted by atomic mass is 15.1. The summed E-state index contributed by atoms with van der Waals surface area (Å²) in [5.41, 5.74) is 29.0. The van der Waals surface area contributed by atoms with Gasteiger partial charge in [-0.05, 0) is 130 Å². The molecule has 10 aromatic rings. The Hall–Kier alpha value is -8.00. The quantitative estimate of drug-likeness (QED) is 0.167. The third-order valence-corrected chi connectivity index (χ3v) is 16.3. The van der Waals surface area contributed by atoms with Gasteiger partial charge in [0.05, 0.1) is 16.8 Å². The normalized spacial score (nSPS) is 15.1. The number of benzene rings is 10. The second kappa shape index (κ2) is 14.0. The van der Waals surface area contributed by atoms with E-state index in [1.54, 1.807) is 0 Å². The third-order valence-electron chi connectivity index (χ3n) is 16.3. The fraction of sp³-hybridized carbons (Fsp3) is 0.104. The minimum Gasteiger partial charge on any atom is -0.309 e. The summed E-state index contributed by atoms with van der Waals surface area (Å²) in [6.07, 6.45) is 0. The number of hydrogen-bond acceptors (Lipinski definition) is 1. The maximum absolute atomic E-state index is 2.58. The molecule has 0 fully saturated rings. The van der Waals surface area contributed by atoms with Crippen molar-refractivity contribution in [3.63, 3.8) is 0 Å². The van der Waals surface area contributed by atoms with Crippen molar-refractivity contribution in [3.05, 3.63) is 269 Å². The topological polar surface area (TPSA) is 3.24 Å². The zero-order valence-electron chi connectivity index (χ0n) is 38.8. The van der Waals surface area contributed by atoms with Crippen LogP contribution >= 0.6 is 0 Å². The second-order valence-corrected chi connectivity index (χ2v) is 20.3. The Morgan fingerprint density at radius 1 is 0.265 bits per heavy atom. The summed E-state index contributed by atoms with van der Waals surface area (Å²) in [6.45, 7) is 9.50. The molecule has 14 rings (SSSR count). The third kappa shape index (κ3) is 5.06. The van der Waals surface area contributed by atoms with Crippen molar-refractivity contribution in [2.45, 2.75) is 43.9 Å². The van der Waals surface area contributed by atoms with E-state index >= 15 is 0 Å². The lowest BCUT2D eigenvalue weighted by atomic mass is 9.70. The van der Waals surface area contributed by atoms with E-state index in [0.29, 0.717) is 0 Å². The molecule has 0 bridgehead atoms. The zero-order valence-corrected chi connectivity index (χ0v) is 38.8. The van der Waals surface area contributed by atoms with E-state index in [0.717, 1.165) is 17.1 Å². The number of nitrogens with zero attached hydrogens (tertiary/aromatic N) is 1. The number of rotatable bonds is 5. The number of hydrogen-bond donors (Lipinski definition) is 0. The predicted octanol–water partition coefficient (Wildman–Crippen LogP) is 17.4. The van der Waals surface area contributed by atoms with Gasteiger partial charge in [0.15, 0.2) is 0 Å². The second-order valence-electron chi connectivity index (χ2n) is 20.3. The fourth-order valence-corrected chi connectivity index (χ4v) is 13.3. The van der Waals surface area contributed by atoms with Crippen LogP contribution in [0.5, 0.6) is 0 Å². The minimum absolute atomic E-state index is 0.0981. The highest BCUT2D eigenvalue weighted by Gasteiger charge is 2.52. The lowest BCUT2D eigenvalue weighted by molar-refractivity contribution is 0.660. The number of fused-ring (bicyclic) bond motifs is 16. The molecular weight excluding hydrogens is 819 g/mol. The Bertz CT molecular complexity index is 3720. The number of para-hydroxylation sites is 1. The van der Waals surface area contributed by atoms with Crippen LogP contribution in [0, 0.1) is 0 Å². The van der Waals surface area contributed by atoms with Crippen molar-refractivity contribution in [3.8, 4) is 66.8 Å². The summed E-state index contributed by atoms with van der Waals surface area (Å²) in [5.74, 6) is 0. The first-order valence-corrected chi connectivity index (χ1v) is 24.2. The van der Waals surface area contributed by atoms with Crippen LogP contribution in [0.2, 0.25) is 0 Å². The molecule has 4 aliphatic rings. The summed E-state index contributed by atoms with van der Waals surface area (Å²) >= 11 is 0. The predicted molar refractivity (Wildman–Crippen MR) is 283 cm³/mol. The molecule has 1 nitrogen and oxygen atoms in total. The highest BCUT2D eigenvalue weighted by molar-refractivity contribution is 6.04. The van der Waals surface area contributed by atoms with Crippen LogP contribution in [0.1, 0.15) is 72.2 Å². The van der Waals surface area contributed by atoms with Crippen LogP contribution in [0.15, 0.2) is 224 Å². The average molecular weight is 868 g/mol. The molecule has 322 valence electrons. The van der Waals surface area contributed by atoms with E-state index in [1.807, 2.05) is 0 Å². The van der Waals surface area contributed by atoms with Gasteiger partial charge in [0.1, 0.15) is 0 Å². The van der Waals surface area contributed by atoms with Gasteiger partial charge in [-0.3, -0.25) is 0 Å². The SMILES string of the molecule is CC1(C)c2ccccc2-c2ccc(-c3cccc(N(c4ccccc4-c4cccc5c4-c4ccccc4C5(C)C)c4cccc5c4-c4ccccc4C54c5ccccc5-c5ccccc54)c3)cc21. The molecule has 0 N–H and O–H groups in total. The molecule has 4 aliphatic carbocycles. The first-order chi connectivity index (χ1) is 33.3. The Balaban J connectivity index is 1.04. The van der Waals surface area contributed by atoms with Crippen LogP contribution in [0.3, 0.4) is 0 Å². The van der Waals surface area contributed by atoms with E-state index in [-0.39, 0.29) is 10.8 Å². The van der Waals surface area contributed by atoms with Gasteiger partial charge in [0.2, 0.25) is 0 Å². The Morgan fingerprint density at radius 3 is 1.38 bits per heavy atom. The van der Waals surface area contributed by atoms with Gasteiger partial charge < -0.3 is 4.90 Å². The average Bonchev–Trinajstić information content (AvgIpc) is 4.02. The Labute approximate surface area is 399 Å². The number of anilines is 3. The van der Waals surface area contributed by atoms with Crippen molar-refractivity contribution >= 4 is 17.1 Å². The van der Waals surface area contributed by atoms with E-state index < -0.39 is 5.41 Å². The van der Waals surface area contributed by atoms with Gasteiger partial charge in [0.25, 0.3) is 0 Å². The lowest BCUT2D eigenvalue weighted by Gasteiger charge is -2.32. The van der Waals surface area contributed by atoms with Crippen LogP contribution in [0.25, 0.3) is 66.8 Å². The molecule has 68 heavy (non-hydrogen) atoms. The molecule has 0 heterocycles. The minimum atomic E-state index is -0.466. The molecule has 0 aliphatic heterocycles. The monoisotopic (exact) mass is 867 g/mol. The first kappa shape index (κ1) is 39.2. The van der Waals surface area contributed by atoms with Gasteiger partial charge in [0, 0.05) is 27.6 Å². The largest absolute Gasteiger partial charge is 0.309 e. The summed E-state index contributed by atoms with van der Waals surface area (Å²) in [5, 5.41) is 0. The van der Waals surface area contributed by atoms with E-state index in [4.69, 9.17) is 0 Å². The summed E-state index contributed by atoms with van der Waals surface area (Å²) in [6, 6.07) is 85.0. The van der Waals surface area contributed by atoms with Gasteiger partial charge >= 0.3 is 0 Å².